The molecule has 1 aliphatic rings. The summed E-state index contributed by atoms with van der Waals surface area (Å²) in [6.07, 6.45) is 9.65. The zero-order valence-electron chi connectivity index (χ0n) is 27.8. The van der Waals surface area contributed by atoms with Gasteiger partial charge in [0.25, 0.3) is 0 Å². The Kier molecular flexibility index (Phi) is 14.1. The first-order chi connectivity index (χ1) is 22.3. The standard InChI is InChI=1S/C39H50O7/c1-4-5-6-9-12-30(2)45-37(40)34-19-23-36(24-20-34)46-38(41)33-15-13-31(14-16-33)32-17-21-35(22-18-32)44-26-11-8-7-10-25-42-27-39(3)28-43-29-39/h13-24,30H,4-12,25-29H2,1-3H3/t30-/m1/s1. The van der Waals surface area contributed by atoms with Crippen molar-refractivity contribution in [1.29, 1.82) is 0 Å². The fraction of sp³-hybridized carbons (Fsp3) is 0.487. The Hall–Kier alpha value is -3.68. The van der Waals surface area contributed by atoms with Crippen LogP contribution in [0.2, 0.25) is 0 Å². The molecule has 0 aromatic heterocycles. The van der Waals surface area contributed by atoms with E-state index in [9.17, 15) is 9.59 Å². The van der Waals surface area contributed by atoms with Gasteiger partial charge in [0.15, 0.2) is 0 Å². The minimum atomic E-state index is -0.461. The number of unbranched alkanes of at least 4 members (excludes halogenated alkanes) is 6. The first-order valence-corrected chi connectivity index (χ1v) is 16.9. The van der Waals surface area contributed by atoms with Crippen LogP contribution in [0.25, 0.3) is 11.1 Å². The van der Waals surface area contributed by atoms with Crippen LogP contribution in [-0.2, 0) is 14.2 Å². The van der Waals surface area contributed by atoms with Gasteiger partial charge in [-0.2, -0.15) is 0 Å². The normalized spacial score (nSPS) is 14.2. The number of hydrogen-bond donors (Lipinski definition) is 0. The molecule has 3 aromatic rings. The number of esters is 2. The van der Waals surface area contributed by atoms with Crippen molar-refractivity contribution in [2.24, 2.45) is 5.41 Å². The lowest BCUT2D eigenvalue weighted by Crippen LogP contribution is -2.43. The lowest BCUT2D eigenvalue weighted by Gasteiger charge is -2.37. The van der Waals surface area contributed by atoms with Crippen LogP contribution in [0.5, 0.6) is 11.5 Å². The van der Waals surface area contributed by atoms with E-state index in [4.69, 9.17) is 23.7 Å². The van der Waals surface area contributed by atoms with Crippen molar-refractivity contribution in [3.05, 3.63) is 83.9 Å². The highest BCUT2D eigenvalue weighted by Gasteiger charge is 2.33. The molecule has 248 valence electrons. The van der Waals surface area contributed by atoms with E-state index in [1.807, 2.05) is 43.3 Å². The third-order valence-corrected chi connectivity index (χ3v) is 8.18. The van der Waals surface area contributed by atoms with Gasteiger partial charge in [-0.1, -0.05) is 63.8 Å². The van der Waals surface area contributed by atoms with Gasteiger partial charge in [-0.25, -0.2) is 9.59 Å². The molecule has 0 N–H and O–H groups in total. The first-order valence-electron chi connectivity index (χ1n) is 16.9. The molecule has 0 bridgehead atoms. The highest BCUT2D eigenvalue weighted by Crippen LogP contribution is 2.27. The predicted octanol–water partition coefficient (Wildman–Crippen LogP) is 9.08. The molecule has 0 amide bonds. The number of hydrogen-bond acceptors (Lipinski definition) is 7. The minimum Gasteiger partial charge on any atom is -0.494 e. The van der Waals surface area contributed by atoms with Gasteiger partial charge < -0.3 is 23.7 Å². The number of ether oxygens (including phenoxy) is 5. The van der Waals surface area contributed by atoms with Crippen LogP contribution in [0, 0.1) is 5.41 Å². The summed E-state index contributed by atoms with van der Waals surface area (Å²) in [5, 5.41) is 0. The van der Waals surface area contributed by atoms with E-state index < -0.39 is 5.97 Å². The average Bonchev–Trinajstić information content (AvgIpc) is 3.05. The largest absolute Gasteiger partial charge is 0.494 e. The van der Waals surface area contributed by atoms with Crippen LogP contribution in [0.3, 0.4) is 0 Å². The highest BCUT2D eigenvalue weighted by molar-refractivity contribution is 5.92. The van der Waals surface area contributed by atoms with Crippen molar-refractivity contribution in [1.82, 2.24) is 0 Å². The van der Waals surface area contributed by atoms with Gasteiger partial charge in [0.1, 0.15) is 11.5 Å². The van der Waals surface area contributed by atoms with Gasteiger partial charge in [0, 0.05) is 12.0 Å². The molecule has 0 spiro atoms. The average molecular weight is 631 g/mol. The quantitative estimate of drug-likeness (QED) is 0.0700. The van der Waals surface area contributed by atoms with Crippen LogP contribution in [0.15, 0.2) is 72.8 Å². The summed E-state index contributed by atoms with van der Waals surface area (Å²) in [5.74, 6) is 0.387. The van der Waals surface area contributed by atoms with E-state index in [-0.39, 0.29) is 17.5 Å². The maximum atomic E-state index is 12.7. The van der Waals surface area contributed by atoms with Crippen molar-refractivity contribution in [3.63, 3.8) is 0 Å². The Balaban J connectivity index is 1.13. The summed E-state index contributed by atoms with van der Waals surface area (Å²) < 4.78 is 28.1. The van der Waals surface area contributed by atoms with Crippen LogP contribution in [0.4, 0.5) is 0 Å². The van der Waals surface area contributed by atoms with Crippen molar-refractivity contribution in [2.75, 3.05) is 33.0 Å². The van der Waals surface area contributed by atoms with Gasteiger partial charge in [-0.15, -0.1) is 0 Å². The first kappa shape index (κ1) is 35.2. The summed E-state index contributed by atoms with van der Waals surface area (Å²) >= 11 is 0. The summed E-state index contributed by atoms with van der Waals surface area (Å²) in [5.41, 5.74) is 3.13. The van der Waals surface area contributed by atoms with Gasteiger partial charge in [0.2, 0.25) is 0 Å². The molecule has 0 radical (unpaired) electrons. The van der Waals surface area contributed by atoms with Gasteiger partial charge in [0.05, 0.1) is 43.7 Å². The summed E-state index contributed by atoms with van der Waals surface area (Å²) in [7, 11) is 0. The van der Waals surface area contributed by atoms with E-state index in [1.165, 1.54) is 12.8 Å². The Morgan fingerprint density at radius 1 is 0.717 bits per heavy atom. The molecule has 1 aliphatic heterocycles. The molecule has 3 aromatic carbocycles. The zero-order chi connectivity index (χ0) is 32.6. The summed E-state index contributed by atoms with van der Waals surface area (Å²) in [4.78, 5) is 25.2. The van der Waals surface area contributed by atoms with E-state index in [1.54, 1.807) is 36.4 Å². The van der Waals surface area contributed by atoms with Crippen molar-refractivity contribution < 1.29 is 33.3 Å². The second kappa shape index (κ2) is 18.5. The minimum absolute atomic E-state index is 0.130. The van der Waals surface area contributed by atoms with Gasteiger partial charge in [-0.05, 0) is 98.7 Å². The number of carbonyl (C=O) groups excluding carboxylic acids is 2. The molecule has 1 saturated heterocycles. The zero-order valence-corrected chi connectivity index (χ0v) is 27.8. The Labute approximate surface area is 274 Å². The SMILES string of the molecule is CCCCCC[C@@H](C)OC(=O)c1ccc(OC(=O)c2ccc(-c3ccc(OCCCCCCOCC4(C)COC4)cc3)cc2)cc1. The number of rotatable bonds is 20. The van der Waals surface area contributed by atoms with Crippen LogP contribution in [-0.4, -0.2) is 51.1 Å². The van der Waals surface area contributed by atoms with E-state index in [2.05, 4.69) is 13.8 Å². The maximum Gasteiger partial charge on any atom is 0.343 e. The fourth-order valence-corrected chi connectivity index (χ4v) is 5.24. The summed E-state index contributed by atoms with van der Waals surface area (Å²) in [6, 6.07) is 21.8. The van der Waals surface area contributed by atoms with Crippen LogP contribution < -0.4 is 9.47 Å². The molecule has 4 rings (SSSR count). The monoisotopic (exact) mass is 630 g/mol. The molecule has 1 atom stereocenters. The van der Waals surface area contributed by atoms with Gasteiger partial charge >= 0.3 is 11.9 Å². The number of benzene rings is 3. The van der Waals surface area contributed by atoms with E-state index >= 15 is 0 Å². The molecule has 1 heterocycles. The molecule has 1 fully saturated rings. The smallest absolute Gasteiger partial charge is 0.343 e. The molecule has 0 saturated carbocycles. The molecular formula is C39H50O7. The second-order valence-electron chi connectivity index (χ2n) is 12.7. The molecule has 0 aliphatic carbocycles. The number of carbonyl (C=O) groups is 2. The Morgan fingerprint density at radius 3 is 1.91 bits per heavy atom. The molecule has 7 nitrogen and oxygen atoms in total. The van der Waals surface area contributed by atoms with E-state index in [0.717, 1.165) is 88.2 Å². The lowest BCUT2D eigenvalue weighted by molar-refractivity contribution is -0.137. The fourth-order valence-electron chi connectivity index (χ4n) is 5.24. The molecule has 7 heteroatoms. The van der Waals surface area contributed by atoms with Crippen molar-refractivity contribution in [3.8, 4) is 22.6 Å². The summed E-state index contributed by atoms with van der Waals surface area (Å²) in [6.45, 7) is 10.2. The van der Waals surface area contributed by atoms with E-state index in [0.29, 0.717) is 23.5 Å². The molecular weight excluding hydrogens is 580 g/mol. The second-order valence-corrected chi connectivity index (χ2v) is 12.7. The third-order valence-electron chi connectivity index (χ3n) is 8.18. The van der Waals surface area contributed by atoms with Crippen LogP contribution in [0.1, 0.15) is 99.3 Å². The van der Waals surface area contributed by atoms with Crippen molar-refractivity contribution in [2.45, 2.75) is 84.7 Å². The third kappa shape index (κ3) is 11.6. The van der Waals surface area contributed by atoms with Crippen molar-refractivity contribution >= 4 is 11.9 Å². The highest BCUT2D eigenvalue weighted by atomic mass is 16.5. The Morgan fingerprint density at radius 2 is 1.28 bits per heavy atom. The lowest BCUT2D eigenvalue weighted by atomic mass is 9.90. The molecule has 46 heavy (non-hydrogen) atoms. The molecule has 0 unspecified atom stereocenters. The van der Waals surface area contributed by atoms with Gasteiger partial charge in [-0.3, -0.25) is 0 Å². The maximum absolute atomic E-state index is 12.7. The topological polar surface area (TPSA) is 80.3 Å². The Bertz CT molecular complexity index is 1330. The predicted molar refractivity (Wildman–Crippen MR) is 181 cm³/mol. The van der Waals surface area contributed by atoms with Crippen LogP contribution >= 0.6 is 0 Å².